The molecular weight excluding hydrogens is 336 g/mol. The summed E-state index contributed by atoms with van der Waals surface area (Å²) in [6, 6.07) is 8.28. The lowest BCUT2D eigenvalue weighted by Crippen LogP contribution is -2.43. The van der Waals surface area contributed by atoms with Crippen molar-refractivity contribution in [2.24, 2.45) is 0 Å². The predicted molar refractivity (Wildman–Crippen MR) is 115 cm³/mol. The van der Waals surface area contributed by atoms with E-state index in [4.69, 9.17) is 9.97 Å². The summed E-state index contributed by atoms with van der Waals surface area (Å²) in [7, 11) is 2.16. The molecular formula is C21H36N6. The maximum atomic E-state index is 4.83. The van der Waals surface area contributed by atoms with Crippen molar-refractivity contribution in [3.8, 4) is 0 Å². The lowest BCUT2D eigenvalue weighted by Gasteiger charge is -2.26. The molecule has 0 aliphatic carbocycles. The molecule has 0 spiro atoms. The van der Waals surface area contributed by atoms with E-state index in [-0.39, 0.29) is 0 Å². The highest BCUT2D eigenvalue weighted by Gasteiger charge is 2.13. The molecule has 1 aliphatic rings. The minimum absolute atomic E-state index is 0.819. The van der Waals surface area contributed by atoms with Crippen LogP contribution in [0.3, 0.4) is 0 Å². The van der Waals surface area contributed by atoms with Gasteiger partial charge in [-0.25, -0.2) is 9.97 Å². The van der Waals surface area contributed by atoms with Gasteiger partial charge in [0.05, 0.1) is 12.1 Å². The van der Waals surface area contributed by atoms with Crippen LogP contribution >= 0.6 is 0 Å². The van der Waals surface area contributed by atoms with Gasteiger partial charge in [0.25, 0.3) is 0 Å². The highest BCUT2D eigenvalue weighted by molar-refractivity contribution is 5.88. The Morgan fingerprint density at radius 1 is 1.15 bits per heavy atom. The molecule has 2 aromatic rings. The molecule has 27 heavy (non-hydrogen) atoms. The van der Waals surface area contributed by atoms with Gasteiger partial charge < -0.3 is 15.5 Å². The number of rotatable bonds is 8. The zero-order chi connectivity index (χ0) is 19.5. The van der Waals surface area contributed by atoms with Crippen LogP contribution in [0, 0.1) is 0 Å². The summed E-state index contributed by atoms with van der Waals surface area (Å²) < 4.78 is 0. The number of nitrogens with zero attached hydrogens (tertiary/aromatic N) is 4. The van der Waals surface area contributed by atoms with Gasteiger partial charge in [0.2, 0.25) is 0 Å². The molecule has 0 bridgehead atoms. The third-order valence-electron chi connectivity index (χ3n) is 4.77. The summed E-state index contributed by atoms with van der Waals surface area (Å²) in [6.45, 7) is 14.3. The van der Waals surface area contributed by atoms with Crippen molar-refractivity contribution in [3.63, 3.8) is 0 Å². The van der Waals surface area contributed by atoms with E-state index in [0.717, 1.165) is 81.3 Å². The molecule has 1 fully saturated rings. The van der Waals surface area contributed by atoms with Crippen molar-refractivity contribution in [3.05, 3.63) is 30.1 Å². The van der Waals surface area contributed by atoms with Gasteiger partial charge in [-0.15, -0.1) is 0 Å². The Morgan fingerprint density at radius 2 is 1.89 bits per heavy atom. The molecule has 2 N–H and O–H groups in total. The third kappa shape index (κ3) is 6.72. The standard InChI is InChI=1S/C19H30N6.C2H6/c1-3-24(2)12-6-9-21-19-16-7-4-5-8-17(16)22-18(23-19)15-25-13-10-20-11-14-25;1-2/h4-5,7-8,20H,3,6,9-15H2,1-2H3,(H,21,22,23);1-2H3. The first-order chi connectivity index (χ1) is 13.3. The highest BCUT2D eigenvalue weighted by atomic mass is 15.2. The number of anilines is 1. The molecule has 2 heterocycles. The number of fused-ring (bicyclic) bond motifs is 1. The molecule has 0 saturated carbocycles. The van der Waals surface area contributed by atoms with Crippen LogP contribution in [0.15, 0.2) is 24.3 Å². The van der Waals surface area contributed by atoms with E-state index in [1.54, 1.807) is 0 Å². The lowest BCUT2D eigenvalue weighted by molar-refractivity contribution is 0.228. The van der Waals surface area contributed by atoms with Crippen molar-refractivity contribution >= 4 is 16.7 Å². The average molecular weight is 373 g/mol. The molecule has 1 saturated heterocycles. The average Bonchev–Trinajstić information content (AvgIpc) is 2.73. The molecule has 6 heteroatoms. The van der Waals surface area contributed by atoms with Gasteiger partial charge in [0.15, 0.2) is 0 Å². The van der Waals surface area contributed by atoms with E-state index in [0.29, 0.717) is 0 Å². The Hall–Kier alpha value is -1.76. The third-order valence-corrected chi connectivity index (χ3v) is 4.77. The molecule has 1 aromatic heterocycles. The second kappa shape index (κ2) is 11.8. The van der Waals surface area contributed by atoms with Gasteiger partial charge in [-0.2, -0.15) is 0 Å². The zero-order valence-corrected chi connectivity index (χ0v) is 17.5. The van der Waals surface area contributed by atoms with Crippen LogP contribution in [0.4, 0.5) is 5.82 Å². The maximum Gasteiger partial charge on any atom is 0.145 e. The monoisotopic (exact) mass is 372 g/mol. The SMILES string of the molecule is CC.CCN(C)CCCNc1nc(CN2CCNCC2)nc2ccccc12. The molecule has 0 unspecified atom stereocenters. The fourth-order valence-corrected chi connectivity index (χ4v) is 3.11. The summed E-state index contributed by atoms with van der Waals surface area (Å²) in [5, 5.41) is 8.03. The van der Waals surface area contributed by atoms with E-state index in [9.17, 15) is 0 Å². The first-order valence-corrected chi connectivity index (χ1v) is 10.4. The molecule has 6 nitrogen and oxygen atoms in total. The van der Waals surface area contributed by atoms with Crippen LogP contribution in [0.5, 0.6) is 0 Å². The van der Waals surface area contributed by atoms with Crippen LogP contribution in [-0.2, 0) is 6.54 Å². The van der Waals surface area contributed by atoms with Crippen molar-refractivity contribution in [2.75, 3.05) is 58.2 Å². The number of benzene rings is 1. The van der Waals surface area contributed by atoms with E-state index < -0.39 is 0 Å². The number of piperazine rings is 1. The second-order valence-corrected chi connectivity index (χ2v) is 6.71. The number of para-hydroxylation sites is 1. The minimum atomic E-state index is 0.819. The van der Waals surface area contributed by atoms with Crippen LogP contribution in [0.25, 0.3) is 10.9 Å². The Bertz CT molecular complexity index is 669. The Balaban J connectivity index is 0.00000126. The Morgan fingerprint density at radius 3 is 2.63 bits per heavy atom. The summed E-state index contributed by atoms with van der Waals surface area (Å²) in [5.74, 6) is 1.88. The van der Waals surface area contributed by atoms with E-state index in [2.05, 4.69) is 52.6 Å². The van der Waals surface area contributed by atoms with Gasteiger partial charge in [0.1, 0.15) is 11.6 Å². The van der Waals surface area contributed by atoms with Crippen molar-refractivity contribution in [1.29, 1.82) is 0 Å². The maximum absolute atomic E-state index is 4.83. The fourth-order valence-electron chi connectivity index (χ4n) is 3.11. The predicted octanol–water partition coefficient (Wildman–Crippen LogP) is 2.81. The number of hydrogen-bond acceptors (Lipinski definition) is 6. The second-order valence-electron chi connectivity index (χ2n) is 6.71. The molecule has 0 amide bonds. The van der Waals surface area contributed by atoms with Gasteiger partial charge in [-0.3, -0.25) is 4.90 Å². The van der Waals surface area contributed by atoms with Gasteiger partial charge in [0, 0.05) is 38.1 Å². The highest BCUT2D eigenvalue weighted by Crippen LogP contribution is 2.20. The van der Waals surface area contributed by atoms with Crippen molar-refractivity contribution in [2.45, 2.75) is 33.7 Å². The van der Waals surface area contributed by atoms with Gasteiger partial charge in [-0.05, 0) is 38.7 Å². The molecule has 0 atom stereocenters. The number of nitrogens with one attached hydrogen (secondary N) is 2. The minimum Gasteiger partial charge on any atom is -0.369 e. The first kappa shape index (κ1) is 21.5. The van der Waals surface area contributed by atoms with Crippen molar-refractivity contribution < 1.29 is 0 Å². The van der Waals surface area contributed by atoms with E-state index in [1.165, 1.54) is 0 Å². The summed E-state index contributed by atoms with van der Waals surface area (Å²) in [6.07, 6.45) is 1.11. The Kier molecular flexibility index (Phi) is 9.45. The number of hydrogen-bond donors (Lipinski definition) is 2. The molecule has 1 aliphatic heterocycles. The lowest BCUT2D eigenvalue weighted by atomic mass is 10.2. The molecule has 150 valence electrons. The smallest absolute Gasteiger partial charge is 0.145 e. The summed E-state index contributed by atoms with van der Waals surface area (Å²) >= 11 is 0. The van der Waals surface area contributed by atoms with Crippen LogP contribution in [0.1, 0.15) is 33.0 Å². The van der Waals surface area contributed by atoms with E-state index in [1.807, 2.05) is 19.9 Å². The van der Waals surface area contributed by atoms with Crippen molar-refractivity contribution in [1.82, 2.24) is 25.1 Å². The molecule has 0 radical (unpaired) electrons. The summed E-state index contributed by atoms with van der Waals surface area (Å²) in [5.41, 5.74) is 1.02. The topological polar surface area (TPSA) is 56.3 Å². The van der Waals surface area contributed by atoms with Crippen LogP contribution in [0.2, 0.25) is 0 Å². The van der Waals surface area contributed by atoms with E-state index >= 15 is 0 Å². The van der Waals surface area contributed by atoms with Crippen LogP contribution < -0.4 is 10.6 Å². The fraction of sp³-hybridized carbons (Fsp3) is 0.619. The molecule has 3 rings (SSSR count). The normalized spacial score (nSPS) is 14.9. The van der Waals surface area contributed by atoms with Gasteiger partial charge >= 0.3 is 0 Å². The first-order valence-electron chi connectivity index (χ1n) is 10.4. The quantitative estimate of drug-likeness (QED) is 0.695. The molecule has 1 aromatic carbocycles. The van der Waals surface area contributed by atoms with Crippen LogP contribution in [-0.4, -0.2) is 72.6 Å². The Labute approximate surface area is 164 Å². The zero-order valence-electron chi connectivity index (χ0n) is 17.5. The number of aromatic nitrogens is 2. The van der Waals surface area contributed by atoms with Gasteiger partial charge in [-0.1, -0.05) is 32.9 Å². The largest absolute Gasteiger partial charge is 0.369 e. The summed E-state index contributed by atoms with van der Waals surface area (Å²) in [4.78, 5) is 14.4.